The molecule has 0 aliphatic heterocycles. The molecule has 1 aliphatic carbocycles. The number of rotatable bonds is 3. The van der Waals surface area contributed by atoms with E-state index in [1.165, 1.54) is 44.9 Å². The van der Waals surface area contributed by atoms with E-state index in [0.717, 1.165) is 11.4 Å². The van der Waals surface area contributed by atoms with Crippen molar-refractivity contribution in [2.24, 2.45) is 0 Å². The molecule has 0 bridgehead atoms. The molecule has 1 aromatic rings. The van der Waals surface area contributed by atoms with Crippen molar-refractivity contribution in [1.29, 1.82) is 0 Å². The van der Waals surface area contributed by atoms with Gasteiger partial charge in [0.15, 0.2) is 0 Å². The highest BCUT2D eigenvalue weighted by atomic mass is 16.5. The SMILES string of the molecule is COc1ncnc(NC2CCCCCCC2)c1C. The summed E-state index contributed by atoms with van der Waals surface area (Å²) in [7, 11) is 1.65. The first-order chi connectivity index (χ1) is 8.81. The van der Waals surface area contributed by atoms with Crippen molar-refractivity contribution >= 4 is 5.82 Å². The number of nitrogens with one attached hydrogen (secondary N) is 1. The molecule has 0 amide bonds. The highest BCUT2D eigenvalue weighted by molar-refractivity contribution is 5.48. The first kappa shape index (κ1) is 13.1. The summed E-state index contributed by atoms with van der Waals surface area (Å²) in [5.41, 5.74) is 1.00. The first-order valence-electron chi connectivity index (χ1n) is 6.93. The Labute approximate surface area is 109 Å². The van der Waals surface area contributed by atoms with Crippen LogP contribution in [0.4, 0.5) is 5.82 Å². The van der Waals surface area contributed by atoms with Gasteiger partial charge in [-0.25, -0.2) is 9.97 Å². The molecule has 4 heteroatoms. The Hall–Kier alpha value is -1.32. The Balaban J connectivity index is 2.03. The summed E-state index contributed by atoms with van der Waals surface area (Å²) in [6.45, 7) is 2.00. The Morgan fingerprint density at radius 3 is 2.44 bits per heavy atom. The lowest BCUT2D eigenvalue weighted by molar-refractivity contribution is 0.393. The predicted octanol–water partition coefficient (Wildman–Crippen LogP) is 3.32. The molecule has 1 saturated carbocycles. The van der Waals surface area contributed by atoms with E-state index < -0.39 is 0 Å². The molecule has 100 valence electrons. The van der Waals surface area contributed by atoms with E-state index in [-0.39, 0.29) is 0 Å². The second kappa shape index (κ2) is 6.57. The van der Waals surface area contributed by atoms with Crippen LogP contribution >= 0.6 is 0 Å². The number of anilines is 1. The number of aromatic nitrogens is 2. The molecule has 2 rings (SSSR count). The van der Waals surface area contributed by atoms with Gasteiger partial charge in [-0.3, -0.25) is 0 Å². The van der Waals surface area contributed by atoms with E-state index in [0.29, 0.717) is 11.9 Å². The molecule has 1 aromatic heterocycles. The van der Waals surface area contributed by atoms with Gasteiger partial charge in [-0.1, -0.05) is 32.1 Å². The zero-order valence-electron chi connectivity index (χ0n) is 11.4. The lowest BCUT2D eigenvalue weighted by Crippen LogP contribution is -2.22. The molecule has 0 saturated heterocycles. The summed E-state index contributed by atoms with van der Waals surface area (Å²) in [6.07, 6.45) is 10.8. The topological polar surface area (TPSA) is 47.0 Å². The van der Waals surface area contributed by atoms with Crippen molar-refractivity contribution in [3.63, 3.8) is 0 Å². The molecule has 1 heterocycles. The predicted molar refractivity (Wildman–Crippen MR) is 73.1 cm³/mol. The van der Waals surface area contributed by atoms with Crippen molar-refractivity contribution < 1.29 is 4.74 Å². The maximum Gasteiger partial charge on any atom is 0.221 e. The van der Waals surface area contributed by atoms with Crippen LogP contribution in [0.5, 0.6) is 5.88 Å². The van der Waals surface area contributed by atoms with Gasteiger partial charge < -0.3 is 10.1 Å². The van der Waals surface area contributed by atoms with Crippen molar-refractivity contribution in [2.75, 3.05) is 12.4 Å². The minimum atomic E-state index is 0.545. The lowest BCUT2D eigenvalue weighted by Gasteiger charge is -2.22. The second-order valence-corrected chi connectivity index (χ2v) is 5.04. The third-order valence-electron chi connectivity index (χ3n) is 3.68. The Kier molecular flexibility index (Phi) is 4.79. The summed E-state index contributed by atoms with van der Waals surface area (Å²) < 4.78 is 5.23. The smallest absolute Gasteiger partial charge is 0.221 e. The van der Waals surface area contributed by atoms with Gasteiger partial charge in [-0.05, 0) is 19.8 Å². The lowest BCUT2D eigenvalue weighted by atomic mass is 9.96. The molecule has 0 spiro atoms. The standard InChI is InChI=1S/C14H23N3O/c1-11-13(15-10-16-14(11)18-2)17-12-8-6-4-3-5-7-9-12/h10,12H,3-9H2,1-2H3,(H,15,16,17). The maximum atomic E-state index is 5.23. The minimum absolute atomic E-state index is 0.545. The zero-order valence-corrected chi connectivity index (χ0v) is 11.4. The van der Waals surface area contributed by atoms with E-state index in [1.807, 2.05) is 6.92 Å². The molecular formula is C14H23N3O. The van der Waals surface area contributed by atoms with Crippen LogP contribution in [0.15, 0.2) is 6.33 Å². The monoisotopic (exact) mass is 249 g/mol. The van der Waals surface area contributed by atoms with Gasteiger partial charge >= 0.3 is 0 Å². The molecule has 4 nitrogen and oxygen atoms in total. The van der Waals surface area contributed by atoms with E-state index in [4.69, 9.17) is 4.74 Å². The molecule has 0 radical (unpaired) electrons. The van der Waals surface area contributed by atoms with Crippen molar-refractivity contribution in [3.8, 4) is 5.88 Å². The van der Waals surface area contributed by atoms with Gasteiger partial charge in [0, 0.05) is 6.04 Å². The van der Waals surface area contributed by atoms with Crippen molar-refractivity contribution in [3.05, 3.63) is 11.9 Å². The van der Waals surface area contributed by atoms with Crippen LogP contribution in [0.1, 0.15) is 50.5 Å². The fraction of sp³-hybridized carbons (Fsp3) is 0.714. The van der Waals surface area contributed by atoms with E-state index in [1.54, 1.807) is 13.4 Å². The summed E-state index contributed by atoms with van der Waals surface area (Å²) >= 11 is 0. The Morgan fingerprint density at radius 2 is 1.78 bits per heavy atom. The molecule has 0 unspecified atom stereocenters. The minimum Gasteiger partial charge on any atom is -0.481 e. The van der Waals surface area contributed by atoms with Gasteiger partial charge in [0.05, 0.1) is 12.7 Å². The van der Waals surface area contributed by atoms with Gasteiger partial charge in [0.25, 0.3) is 0 Å². The average molecular weight is 249 g/mol. The molecule has 1 N–H and O–H groups in total. The van der Waals surface area contributed by atoms with Crippen molar-refractivity contribution in [1.82, 2.24) is 9.97 Å². The Bertz CT molecular complexity index is 373. The fourth-order valence-corrected chi connectivity index (χ4v) is 2.58. The highest BCUT2D eigenvalue weighted by Crippen LogP contribution is 2.24. The number of hydrogen-bond acceptors (Lipinski definition) is 4. The summed E-state index contributed by atoms with van der Waals surface area (Å²) in [6, 6.07) is 0.545. The average Bonchev–Trinajstić information content (AvgIpc) is 2.34. The summed E-state index contributed by atoms with van der Waals surface area (Å²) in [4.78, 5) is 8.44. The third kappa shape index (κ3) is 3.34. The van der Waals surface area contributed by atoms with Crippen molar-refractivity contribution in [2.45, 2.75) is 57.9 Å². The molecule has 18 heavy (non-hydrogen) atoms. The molecule has 0 aromatic carbocycles. The van der Waals surface area contributed by atoms with Crippen LogP contribution in [0.2, 0.25) is 0 Å². The largest absolute Gasteiger partial charge is 0.481 e. The third-order valence-corrected chi connectivity index (χ3v) is 3.68. The zero-order chi connectivity index (χ0) is 12.8. The molecule has 0 atom stereocenters. The van der Waals surface area contributed by atoms with Crippen LogP contribution in [0.25, 0.3) is 0 Å². The number of methoxy groups -OCH3 is 1. The number of nitrogens with zero attached hydrogens (tertiary/aromatic N) is 2. The van der Waals surface area contributed by atoms with Gasteiger partial charge in [0.1, 0.15) is 12.1 Å². The first-order valence-corrected chi connectivity index (χ1v) is 6.93. The van der Waals surface area contributed by atoms with Crippen LogP contribution in [0, 0.1) is 6.92 Å². The van der Waals surface area contributed by atoms with Crippen LogP contribution in [0.3, 0.4) is 0 Å². The number of ether oxygens (including phenoxy) is 1. The van der Waals surface area contributed by atoms with Crippen LogP contribution in [-0.4, -0.2) is 23.1 Å². The molecular weight excluding hydrogens is 226 g/mol. The van der Waals surface area contributed by atoms with Crippen LogP contribution in [-0.2, 0) is 0 Å². The fourth-order valence-electron chi connectivity index (χ4n) is 2.58. The molecule has 1 fully saturated rings. The quantitative estimate of drug-likeness (QED) is 0.892. The van der Waals surface area contributed by atoms with E-state index >= 15 is 0 Å². The summed E-state index contributed by atoms with van der Waals surface area (Å²) in [5, 5.41) is 3.56. The van der Waals surface area contributed by atoms with E-state index in [9.17, 15) is 0 Å². The summed E-state index contributed by atoms with van der Waals surface area (Å²) in [5.74, 6) is 1.59. The second-order valence-electron chi connectivity index (χ2n) is 5.04. The van der Waals surface area contributed by atoms with E-state index in [2.05, 4.69) is 15.3 Å². The van der Waals surface area contributed by atoms with Gasteiger partial charge in [-0.2, -0.15) is 0 Å². The maximum absolute atomic E-state index is 5.23. The van der Waals surface area contributed by atoms with Crippen LogP contribution < -0.4 is 10.1 Å². The normalized spacial score (nSPS) is 17.9. The Morgan fingerprint density at radius 1 is 1.11 bits per heavy atom. The number of hydrogen-bond donors (Lipinski definition) is 1. The van der Waals surface area contributed by atoms with Gasteiger partial charge in [0.2, 0.25) is 5.88 Å². The van der Waals surface area contributed by atoms with Gasteiger partial charge in [-0.15, -0.1) is 0 Å². The highest BCUT2D eigenvalue weighted by Gasteiger charge is 2.14. The molecule has 1 aliphatic rings.